The minimum absolute atomic E-state index is 0.0876. The lowest BCUT2D eigenvalue weighted by molar-refractivity contribution is -0.146. The van der Waals surface area contributed by atoms with E-state index < -0.39 is 45.3 Å². The Balaban J connectivity index is 1.15. The zero-order valence-corrected chi connectivity index (χ0v) is 28.6. The van der Waals surface area contributed by atoms with Crippen LogP contribution in [0.4, 0.5) is 5.69 Å². The zero-order valence-electron chi connectivity index (χ0n) is 25.6. The topological polar surface area (TPSA) is 75.7 Å². The molecule has 5 aromatic rings. The van der Waals surface area contributed by atoms with Gasteiger partial charge in [-0.15, -0.1) is 23.2 Å². The summed E-state index contributed by atoms with van der Waals surface area (Å²) in [6.07, 6.45) is 0.0876. The smallest absolute Gasteiger partial charge is 0.248 e. The number of nitrogens with zero attached hydrogens (tertiary/aromatic N) is 1. The molecule has 49 heavy (non-hydrogen) atoms. The third kappa shape index (κ3) is 4.88. The standard InChI is InChI=1S/C39H26Cl4N2O4/c40-23-14-19-32(30(41)21-23)49-25-17-15-24(16-18-25)44-35(46)31(20-22-8-2-1-3-9-22)45-36(47)33-34(37(45)48)39(43)27-11-5-4-10-26(27)38(33,42)28-12-6-7-13-29(28)39/h1-19,21,31,33-34H,20H2,(H,44,46)/t31-,33-,34+,38?,39?/m0/s1. The van der Waals surface area contributed by atoms with Crippen LogP contribution in [-0.2, 0) is 30.6 Å². The summed E-state index contributed by atoms with van der Waals surface area (Å²) in [6, 6.07) is 34.6. The SMILES string of the molecule is O=C(Nc1ccc(Oc2ccc(Cl)cc2Cl)cc1)[C@H](Cc1ccccc1)N1C(=O)[C@@H]2[C@H](C1=O)C1(Cl)c3ccccc3C2(Cl)c2ccccc21. The third-order valence-corrected chi connectivity index (χ3v) is 11.6. The van der Waals surface area contributed by atoms with Crippen molar-refractivity contribution in [3.05, 3.63) is 159 Å². The molecule has 1 aliphatic heterocycles. The fourth-order valence-electron chi connectivity index (χ4n) is 7.65. The second-order valence-corrected chi connectivity index (χ2v) is 14.4. The van der Waals surface area contributed by atoms with E-state index in [1.165, 1.54) is 0 Å². The van der Waals surface area contributed by atoms with Gasteiger partial charge in [-0.05, 0) is 70.3 Å². The largest absolute Gasteiger partial charge is 0.456 e. The molecule has 244 valence electrons. The van der Waals surface area contributed by atoms with Gasteiger partial charge >= 0.3 is 0 Å². The number of benzene rings is 5. The highest BCUT2D eigenvalue weighted by Gasteiger charge is 2.73. The number of ether oxygens (including phenoxy) is 1. The van der Waals surface area contributed by atoms with Crippen LogP contribution in [-0.4, -0.2) is 28.7 Å². The lowest BCUT2D eigenvalue weighted by Gasteiger charge is -2.54. The Bertz CT molecular complexity index is 2040. The van der Waals surface area contributed by atoms with Crippen LogP contribution < -0.4 is 10.1 Å². The Morgan fingerprint density at radius 3 is 1.73 bits per heavy atom. The first-order valence-electron chi connectivity index (χ1n) is 15.6. The zero-order chi connectivity index (χ0) is 34.1. The van der Waals surface area contributed by atoms with Crippen molar-refractivity contribution in [3.8, 4) is 11.5 Å². The number of hydrogen-bond donors (Lipinski definition) is 1. The normalized spacial score (nSPS) is 23.8. The van der Waals surface area contributed by atoms with Crippen LogP contribution in [0.25, 0.3) is 0 Å². The number of hydrogen-bond acceptors (Lipinski definition) is 4. The van der Waals surface area contributed by atoms with Crippen LogP contribution in [0, 0.1) is 11.8 Å². The summed E-state index contributed by atoms with van der Waals surface area (Å²) in [5.41, 5.74) is 4.00. The molecule has 1 fully saturated rings. The fourth-order valence-corrected chi connectivity index (χ4v) is 9.20. The molecule has 6 nitrogen and oxygen atoms in total. The van der Waals surface area contributed by atoms with E-state index in [2.05, 4.69) is 5.32 Å². The molecule has 0 radical (unpaired) electrons. The molecule has 1 saturated heterocycles. The van der Waals surface area contributed by atoms with E-state index in [0.29, 0.717) is 49.5 Å². The Hall–Kier alpha value is -4.33. The number of rotatable bonds is 7. The summed E-state index contributed by atoms with van der Waals surface area (Å²) < 4.78 is 5.89. The Morgan fingerprint density at radius 2 is 1.22 bits per heavy atom. The first kappa shape index (κ1) is 31.9. The summed E-state index contributed by atoms with van der Waals surface area (Å²) in [5, 5.41) is 3.75. The molecule has 4 aliphatic rings. The van der Waals surface area contributed by atoms with E-state index in [9.17, 15) is 14.4 Å². The monoisotopic (exact) mass is 726 g/mol. The summed E-state index contributed by atoms with van der Waals surface area (Å²) >= 11 is 27.5. The van der Waals surface area contributed by atoms with Crippen LogP contribution in [0.15, 0.2) is 121 Å². The van der Waals surface area contributed by atoms with Crippen molar-refractivity contribution < 1.29 is 19.1 Å². The molecule has 0 spiro atoms. The maximum atomic E-state index is 14.7. The maximum absolute atomic E-state index is 14.7. The molecule has 9 rings (SSSR count). The minimum Gasteiger partial charge on any atom is -0.456 e. The van der Waals surface area contributed by atoms with Gasteiger partial charge in [0, 0.05) is 17.1 Å². The van der Waals surface area contributed by atoms with Gasteiger partial charge in [0.1, 0.15) is 27.3 Å². The molecule has 3 atom stereocenters. The third-order valence-electron chi connectivity index (χ3n) is 9.75. The van der Waals surface area contributed by atoms with E-state index in [-0.39, 0.29) is 6.42 Å². The van der Waals surface area contributed by atoms with Gasteiger partial charge in [-0.2, -0.15) is 0 Å². The quantitative estimate of drug-likeness (QED) is 0.134. The molecule has 1 heterocycles. The summed E-state index contributed by atoms with van der Waals surface area (Å²) in [7, 11) is 0. The predicted octanol–water partition coefficient (Wildman–Crippen LogP) is 8.93. The highest BCUT2D eigenvalue weighted by molar-refractivity contribution is 6.36. The summed E-state index contributed by atoms with van der Waals surface area (Å²) in [6.45, 7) is 0. The van der Waals surface area contributed by atoms with Gasteiger partial charge in [-0.25, -0.2) is 0 Å². The van der Waals surface area contributed by atoms with Gasteiger partial charge in [0.05, 0.1) is 16.9 Å². The van der Waals surface area contributed by atoms with Gasteiger partial charge in [0.25, 0.3) is 0 Å². The van der Waals surface area contributed by atoms with E-state index >= 15 is 0 Å². The molecule has 0 aromatic heterocycles. The second kappa shape index (κ2) is 11.9. The molecular weight excluding hydrogens is 702 g/mol. The number of alkyl halides is 2. The average Bonchev–Trinajstić information content (AvgIpc) is 3.39. The van der Waals surface area contributed by atoms with Crippen molar-refractivity contribution in [3.63, 3.8) is 0 Å². The van der Waals surface area contributed by atoms with E-state index in [1.54, 1.807) is 42.5 Å². The molecule has 3 amide bonds. The van der Waals surface area contributed by atoms with Crippen molar-refractivity contribution in [2.75, 3.05) is 5.32 Å². The average molecular weight is 728 g/mol. The van der Waals surface area contributed by atoms with E-state index in [4.69, 9.17) is 51.1 Å². The molecule has 3 aliphatic carbocycles. The number of anilines is 1. The molecule has 0 saturated carbocycles. The second-order valence-electron chi connectivity index (χ2n) is 12.4. The lowest BCUT2D eigenvalue weighted by Crippen LogP contribution is -2.57. The lowest BCUT2D eigenvalue weighted by atomic mass is 9.54. The van der Waals surface area contributed by atoms with Gasteiger partial charge in [0.2, 0.25) is 17.7 Å². The Morgan fingerprint density at radius 1 is 0.714 bits per heavy atom. The number of carbonyl (C=O) groups excluding carboxylic acids is 3. The van der Waals surface area contributed by atoms with Crippen molar-refractivity contribution >= 4 is 69.8 Å². The molecule has 10 heteroatoms. The molecule has 1 N–H and O–H groups in total. The van der Waals surface area contributed by atoms with E-state index in [1.807, 2.05) is 78.9 Å². The number of carbonyl (C=O) groups is 3. The van der Waals surface area contributed by atoms with Gasteiger partial charge in [0.15, 0.2) is 0 Å². The number of imide groups is 1. The number of nitrogens with one attached hydrogen (secondary N) is 1. The highest BCUT2D eigenvalue weighted by atomic mass is 35.5. The van der Waals surface area contributed by atoms with Crippen LogP contribution in [0.2, 0.25) is 10.0 Å². The van der Waals surface area contributed by atoms with E-state index in [0.717, 1.165) is 10.5 Å². The first-order valence-corrected chi connectivity index (χ1v) is 17.2. The number of amides is 3. The van der Waals surface area contributed by atoms with Gasteiger partial charge in [-0.3, -0.25) is 19.3 Å². The van der Waals surface area contributed by atoms with Crippen LogP contribution in [0.5, 0.6) is 11.5 Å². The van der Waals surface area contributed by atoms with Crippen molar-refractivity contribution in [1.82, 2.24) is 4.90 Å². The van der Waals surface area contributed by atoms with Crippen LogP contribution in [0.1, 0.15) is 27.8 Å². The number of halogens is 4. The maximum Gasteiger partial charge on any atom is 0.248 e. The summed E-state index contributed by atoms with van der Waals surface area (Å²) in [5.74, 6) is -2.74. The molecule has 2 bridgehead atoms. The van der Waals surface area contributed by atoms with Crippen LogP contribution >= 0.6 is 46.4 Å². The number of likely N-dealkylation sites (tertiary alicyclic amines) is 1. The minimum atomic E-state index is -1.35. The Labute approximate surface area is 302 Å². The molecular formula is C39H26Cl4N2O4. The molecule has 5 aromatic carbocycles. The van der Waals surface area contributed by atoms with Crippen molar-refractivity contribution in [2.45, 2.75) is 22.2 Å². The fraction of sp³-hybridized carbons (Fsp3) is 0.154. The van der Waals surface area contributed by atoms with Gasteiger partial charge < -0.3 is 10.1 Å². The summed E-state index contributed by atoms with van der Waals surface area (Å²) in [4.78, 5) is 42.1. The molecule has 0 unspecified atom stereocenters. The van der Waals surface area contributed by atoms with Crippen molar-refractivity contribution in [2.24, 2.45) is 11.8 Å². The Kier molecular flexibility index (Phi) is 7.76. The highest BCUT2D eigenvalue weighted by Crippen LogP contribution is 2.69. The van der Waals surface area contributed by atoms with Crippen LogP contribution in [0.3, 0.4) is 0 Å². The first-order chi connectivity index (χ1) is 23.6. The van der Waals surface area contributed by atoms with Gasteiger partial charge in [-0.1, -0.05) is 102 Å². The predicted molar refractivity (Wildman–Crippen MR) is 191 cm³/mol. The van der Waals surface area contributed by atoms with Crippen molar-refractivity contribution in [1.29, 1.82) is 0 Å².